The van der Waals surface area contributed by atoms with Crippen LogP contribution in [-0.2, 0) is 11.3 Å². The molecule has 0 saturated heterocycles. The van der Waals surface area contributed by atoms with Crippen LogP contribution in [0.4, 0.5) is 0 Å². The third-order valence-electron chi connectivity index (χ3n) is 2.63. The van der Waals surface area contributed by atoms with Gasteiger partial charge in [-0.2, -0.15) is 0 Å². The van der Waals surface area contributed by atoms with Gasteiger partial charge in [-0.3, -0.25) is 4.79 Å². The van der Waals surface area contributed by atoms with E-state index in [1.807, 2.05) is 13.0 Å². The molecular weight excluding hydrogens is 220 g/mol. The zero-order valence-electron chi connectivity index (χ0n) is 9.91. The van der Waals surface area contributed by atoms with E-state index in [0.717, 1.165) is 12.2 Å². The van der Waals surface area contributed by atoms with Crippen LogP contribution in [0.3, 0.4) is 0 Å². The van der Waals surface area contributed by atoms with Gasteiger partial charge in [0.2, 0.25) is 0 Å². The molecule has 0 bridgehead atoms. The summed E-state index contributed by atoms with van der Waals surface area (Å²) < 4.78 is 5.13. The summed E-state index contributed by atoms with van der Waals surface area (Å²) in [6.45, 7) is 3.41. The maximum absolute atomic E-state index is 11.5. The van der Waals surface area contributed by atoms with Crippen molar-refractivity contribution in [1.29, 1.82) is 0 Å². The summed E-state index contributed by atoms with van der Waals surface area (Å²) in [6, 6.07) is 1.87. The molecule has 0 spiro atoms. The Balaban J connectivity index is 2.05. The minimum atomic E-state index is -0.147. The second-order valence-electron chi connectivity index (χ2n) is 3.96. The van der Waals surface area contributed by atoms with Gasteiger partial charge in [0.1, 0.15) is 5.52 Å². The smallest absolute Gasteiger partial charge is 0.275 e. The highest BCUT2D eigenvalue weighted by Crippen LogP contribution is 2.07. The number of methoxy groups -OCH3 is 1. The molecule has 2 rings (SSSR count). The van der Waals surface area contributed by atoms with E-state index in [1.165, 1.54) is 6.33 Å². The molecule has 2 heterocycles. The topological polar surface area (TPSA) is 82.8 Å². The van der Waals surface area contributed by atoms with Gasteiger partial charge in [-0.1, -0.05) is 0 Å². The minimum absolute atomic E-state index is 0.147. The van der Waals surface area contributed by atoms with Gasteiger partial charge in [0.05, 0.1) is 17.9 Å². The van der Waals surface area contributed by atoms with Crippen molar-refractivity contribution in [3.8, 4) is 0 Å². The summed E-state index contributed by atoms with van der Waals surface area (Å²) in [5.41, 5.74) is 1.99. The Morgan fingerprint density at radius 2 is 2.41 bits per heavy atom. The van der Waals surface area contributed by atoms with Gasteiger partial charge in [0.25, 0.3) is 5.56 Å². The largest absolute Gasteiger partial charge is 0.380 e. The van der Waals surface area contributed by atoms with Gasteiger partial charge in [-0.25, -0.2) is 4.98 Å². The predicted molar refractivity (Wildman–Crippen MR) is 64.9 cm³/mol. The maximum atomic E-state index is 11.5. The fourth-order valence-electron chi connectivity index (χ4n) is 1.59. The summed E-state index contributed by atoms with van der Waals surface area (Å²) in [7, 11) is 1.68. The van der Waals surface area contributed by atoms with Crippen LogP contribution in [0.25, 0.3) is 11.0 Å². The summed E-state index contributed by atoms with van der Waals surface area (Å²) in [6.07, 6.45) is 1.57. The van der Waals surface area contributed by atoms with Gasteiger partial charge in [-0.15, -0.1) is 0 Å². The molecule has 0 aliphatic heterocycles. The molecule has 2 aromatic rings. The van der Waals surface area contributed by atoms with Crippen LogP contribution in [0, 0.1) is 0 Å². The molecule has 0 unspecified atom stereocenters. The van der Waals surface area contributed by atoms with Crippen molar-refractivity contribution in [3.63, 3.8) is 0 Å². The molecule has 3 N–H and O–H groups in total. The second kappa shape index (κ2) is 5.11. The first-order chi connectivity index (χ1) is 8.20. The Bertz CT molecular complexity index is 546. The van der Waals surface area contributed by atoms with Crippen LogP contribution in [-0.4, -0.2) is 34.7 Å². The number of aromatic amines is 2. The van der Waals surface area contributed by atoms with Crippen molar-refractivity contribution >= 4 is 11.0 Å². The molecule has 0 radical (unpaired) electrons. The van der Waals surface area contributed by atoms with Crippen molar-refractivity contribution in [2.45, 2.75) is 19.6 Å². The average Bonchev–Trinajstić information content (AvgIpc) is 2.73. The van der Waals surface area contributed by atoms with Gasteiger partial charge in [0.15, 0.2) is 0 Å². The van der Waals surface area contributed by atoms with Crippen LogP contribution < -0.4 is 10.9 Å². The average molecular weight is 236 g/mol. The van der Waals surface area contributed by atoms with E-state index in [9.17, 15) is 4.79 Å². The zero-order chi connectivity index (χ0) is 12.3. The van der Waals surface area contributed by atoms with Gasteiger partial charge in [-0.05, 0) is 13.0 Å². The van der Waals surface area contributed by atoms with E-state index in [2.05, 4.69) is 20.3 Å². The second-order valence-corrected chi connectivity index (χ2v) is 3.96. The molecule has 0 aliphatic carbocycles. The number of ether oxygens (including phenoxy) is 1. The molecule has 0 aliphatic rings. The fraction of sp³-hybridized carbons (Fsp3) is 0.455. The first-order valence-corrected chi connectivity index (χ1v) is 5.49. The number of fused-ring (bicyclic) bond motifs is 1. The normalized spacial score (nSPS) is 13.1. The molecule has 17 heavy (non-hydrogen) atoms. The molecule has 1 atom stereocenters. The first-order valence-electron chi connectivity index (χ1n) is 5.49. The van der Waals surface area contributed by atoms with Crippen molar-refractivity contribution in [1.82, 2.24) is 20.3 Å². The van der Waals surface area contributed by atoms with Gasteiger partial charge < -0.3 is 20.0 Å². The highest BCUT2D eigenvalue weighted by Gasteiger charge is 2.05. The van der Waals surface area contributed by atoms with Crippen LogP contribution in [0.15, 0.2) is 17.2 Å². The van der Waals surface area contributed by atoms with E-state index in [0.29, 0.717) is 17.6 Å². The standard InChI is InChI=1S/C11H16N4O2/c1-7(17-2)4-12-5-8-3-9-10(15-8)11(16)14-6-13-9/h3,6-7,12,15H,4-5H2,1-2H3,(H,13,14,16)/t7-/m0/s1. The van der Waals surface area contributed by atoms with Gasteiger partial charge >= 0.3 is 0 Å². The van der Waals surface area contributed by atoms with Crippen molar-refractivity contribution in [2.75, 3.05) is 13.7 Å². The lowest BCUT2D eigenvalue weighted by atomic mass is 10.3. The number of aromatic nitrogens is 3. The van der Waals surface area contributed by atoms with E-state index < -0.39 is 0 Å². The zero-order valence-corrected chi connectivity index (χ0v) is 9.91. The molecule has 0 aromatic carbocycles. The molecule has 92 valence electrons. The summed E-state index contributed by atoms with van der Waals surface area (Å²) in [5.74, 6) is 0. The quantitative estimate of drug-likeness (QED) is 0.700. The number of nitrogens with zero attached hydrogens (tertiary/aromatic N) is 1. The molecule has 6 nitrogen and oxygen atoms in total. The van der Waals surface area contributed by atoms with Crippen molar-refractivity contribution in [3.05, 3.63) is 28.4 Å². The summed E-state index contributed by atoms with van der Waals surface area (Å²) in [5, 5.41) is 3.24. The number of hydrogen-bond donors (Lipinski definition) is 3. The van der Waals surface area contributed by atoms with Crippen LogP contribution >= 0.6 is 0 Å². The lowest BCUT2D eigenvalue weighted by Crippen LogP contribution is -2.25. The fourth-order valence-corrected chi connectivity index (χ4v) is 1.59. The maximum Gasteiger partial charge on any atom is 0.275 e. The summed E-state index contributed by atoms with van der Waals surface area (Å²) >= 11 is 0. The Labute approximate surface area is 98.4 Å². The molecule has 0 amide bonds. The number of rotatable bonds is 5. The van der Waals surface area contributed by atoms with Gasteiger partial charge in [0, 0.05) is 25.9 Å². The third kappa shape index (κ3) is 2.72. The Morgan fingerprint density at radius 3 is 3.12 bits per heavy atom. The van der Waals surface area contributed by atoms with E-state index >= 15 is 0 Å². The third-order valence-corrected chi connectivity index (χ3v) is 2.63. The first kappa shape index (κ1) is 11.8. The molecule has 2 aromatic heterocycles. The Hall–Kier alpha value is -1.66. The highest BCUT2D eigenvalue weighted by molar-refractivity contribution is 5.74. The lowest BCUT2D eigenvalue weighted by Gasteiger charge is -2.09. The number of nitrogens with one attached hydrogen (secondary N) is 3. The van der Waals surface area contributed by atoms with E-state index in [1.54, 1.807) is 7.11 Å². The van der Waals surface area contributed by atoms with Crippen LogP contribution in [0.2, 0.25) is 0 Å². The molecule has 0 saturated carbocycles. The minimum Gasteiger partial charge on any atom is -0.380 e. The SMILES string of the molecule is CO[C@@H](C)CNCc1cc2nc[nH]c(=O)c2[nH]1. The van der Waals surface area contributed by atoms with E-state index in [-0.39, 0.29) is 11.7 Å². The monoisotopic (exact) mass is 236 g/mol. The van der Waals surface area contributed by atoms with Crippen molar-refractivity contribution in [2.24, 2.45) is 0 Å². The number of hydrogen-bond acceptors (Lipinski definition) is 4. The summed E-state index contributed by atoms with van der Waals surface area (Å²) in [4.78, 5) is 21.1. The lowest BCUT2D eigenvalue weighted by molar-refractivity contribution is 0.117. The number of H-pyrrole nitrogens is 2. The van der Waals surface area contributed by atoms with Crippen molar-refractivity contribution < 1.29 is 4.74 Å². The molecular formula is C11H16N4O2. The van der Waals surface area contributed by atoms with Crippen LogP contribution in [0.1, 0.15) is 12.6 Å². The van der Waals surface area contributed by atoms with Crippen LogP contribution in [0.5, 0.6) is 0 Å². The Morgan fingerprint density at radius 1 is 1.59 bits per heavy atom. The molecule has 6 heteroatoms. The molecule has 0 fully saturated rings. The predicted octanol–water partition coefficient (Wildman–Crippen LogP) is 0.376. The van der Waals surface area contributed by atoms with E-state index in [4.69, 9.17) is 4.74 Å². The Kier molecular flexibility index (Phi) is 3.55. The highest BCUT2D eigenvalue weighted by atomic mass is 16.5.